The second-order valence-corrected chi connectivity index (χ2v) is 5.40. The predicted octanol–water partition coefficient (Wildman–Crippen LogP) is 0.261. The van der Waals surface area contributed by atoms with E-state index in [1.165, 1.54) is 0 Å². The SMILES string of the molecule is CCOC(=O)C1CCCN1CC(=O)N1CCOC(C)C1. The molecule has 0 radical (unpaired) electrons. The van der Waals surface area contributed by atoms with Gasteiger partial charge in [-0.05, 0) is 33.2 Å². The van der Waals surface area contributed by atoms with Crippen molar-refractivity contribution in [1.29, 1.82) is 0 Å². The Kier molecular flexibility index (Phi) is 5.37. The van der Waals surface area contributed by atoms with E-state index < -0.39 is 0 Å². The van der Waals surface area contributed by atoms with Crippen molar-refractivity contribution in [2.45, 2.75) is 38.8 Å². The van der Waals surface area contributed by atoms with Gasteiger partial charge < -0.3 is 14.4 Å². The molecule has 0 aromatic carbocycles. The fourth-order valence-electron chi connectivity index (χ4n) is 2.84. The summed E-state index contributed by atoms with van der Waals surface area (Å²) in [6.45, 7) is 7.11. The molecule has 2 saturated heterocycles. The zero-order chi connectivity index (χ0) is 14.5. The van der Waals surface area contributed by atoms with Crippen LogP contribution in [0.15, 0.2) is 0 Å². The number of carbonyl (C=O) groups excluding carboxylic acids is 2. The lowest BCUT2D eigenvalue weighted by atomic mass is 10.2. The second kappa shape index (κ2) is 7.04. The van der Waals surface area contributed by atoms with Crippen LogP contribution in [0.5, 0.6) is 0 Å². The van der Waals surface area contributed by atoms with E-state index in [0.717, 1.165) is 19.4 Å². The Balaban J connectivity index is 1.87. The number of esters is 1. The van der Waals surface area contributed by atoms with Crippen LogP contribution in [0.25, 0.3) is 0 Å². The van der Waals surface area contributed by atoms with Crippen molar-refractivity contribution in [2.24, 2.45) is 0 Å². The first-order valence-corrected chi connectivity index (χ1v) is 7.42. The van der Waals surface area contributed by atoms with Crippen LogP contribution in [0.3, 0.4) is 0 Å². The number of carbonyl (C=O) groups is 2. The lowest BCUT2D eigenvalue weighted by Gasteiger charge is -2.33. The minimum Gasteiger partial charge on any atom is -0.465 e. The number of amides is 1. The molecular formula is C14H24N2O4. The van der Waals surface area contributed by atoms with Crippen LogP contribution in [-0.2, 0) is 19.1 Å². The van der Waals surface area contributed by atoms with Gasteiger partial charge in [0.05, 0.1) is 25.9 Å². The highest BCUT2D eigenvalue weighted by atomic mass is 16.5. The van der Waals surface area contributed by atoms with Gasteiger partial charge in [0.25, 0.3) is 0 Å². The average Bonchev–Trinajstić information content (AvgIpc) is 2.87. The summed E-state index contributed by atoms with van der Waals surface area (Å²) in [6.07, 6.45) is 1.81. The summed E-state index contributed by atoms with van der Waals surface area (Å²) in [5.41, 5.74) is 0. The Morgan fingerprint density at radius 2 is 2.15 bits per heavy atom. The van der Waals surface area contributed by atoms with Crippen molar-refractivity contribution in [2.75, 3.05) is 39.4 Å². The van der Waals surface area contributed by atoms with E-state index >= 15 is 0 Å². The number of likely N-dealkylation sites (tertiary alicyclic amines) is 1. The maximum absolute atomic E-state index is 12.3. The number of rotatable bonds is 4. The van der Waals surface area contributed by atoms with Crippen molar-refractivity contribution in [1.82, 2.24) is 9.80 Å². The highest BCUT2D eigenvalue weighted by Gasteiger charge is 2.34. The summed E-state index contributed by atoms with van der Waals surface area (Å²) >= 11 is 0. The maximum Gasteiger partial charge on any atom is 0.323 e. The highest BCUT2D eigenvalue weighted by Crippen LogP contribution is 2.19. The molecule has 1 amide bonds. The largest absolute Gasteiger partial charge is 0.465 e. The third kappa shape index (κ3) is 3.70. The normalized spacial score (nSPS) is 27.6. The molecule has 0 N–H and O–H groups in total. The quantitative estimate of drug-likeness (QED) is 0.693. The first kappa shape index (κ1) is 15.3. The Morgan fingerprint density at radius 1 is 1.35 bits per heavy atom. The van der Waals surface area contributed by atoms with Gasteiger partial charge in [-0.3, -0.25) is 14.5 Å². The molecule has 2 aliphatic rings. The fourth-order valence-corrected chi connectivity index (χ4v) is 2.84. The molecule has 0 saturated carbocycles. The van der Waals surface area contributed by atoms with E-state index in [-0.39, 0.29) is 24.0 Å². The van der Waals surface area contributed by atoms with Gasteiger partial charge >= 0.3 is 5.97 Å². The van der Waals surface area contributed by atoms with E-state index in [2.05, 4.69) is 0 Å². The lowest BCUT2D eigenvalue weighted by Crippen LogP contribution is -2.50. The van der Waals surface area contributed by atoms with Crippen LogP contribution in [0.1, 0.15) is 26.7 Å². The average molecular weight is 284 g/mol. The van der Waals surface area contributed by atoms with Gasteiger partial charge in [-0.1, -0.05) is 0 Å². The van der Waals surface area contributed by atoms with Crippen molar-refractivity contribution in [3.8, 4) is 0 Å². The van der Waals surface area contributed by atoms with Crippen LogP contribution in [-0.4, -0.2) is 73.2 Å². The van der Waals surface area contributed by atoms with Gasteiger partial charge in [0.2, 0.25) is 5.91 Å². The Morgan fingerprint density at radius 3 is 2.85 bits per heavy atom. The summed E-state index contributed by atoms with van der Waals surface area (Å²) in [5, 5.41) is 0. The van der Waals surface area contributed by atoms with Gasteiger partial charge in [-0.2, -0.15) is 0 Å². The molecule has 0 spiro atoms. The molecular weight excluding hydrogens is 260 g/mol. The molecule has 2 fully saturated rings. The molecule has 2 unspecified atom stereocenters. The Labute approximate surface area is 120 Å². The number of nitrogens with zero attached hydrogens (tertiary/aromatic N) is 2. The van der Waals surface area contributed by atoms with Gasteiger partial charge in [-0.25, -0.2) is 0 Å². The van der Waals surface area contributed by atoms with E-state index in [1.807, 2.05) is 16.7 Å². The summed E-state index contributed by atoms with van der Waals surface area (Å²) in [5.74, 6) is -0.121. The minimum absolute atomic E-state index is 0.0800. The van der Waals surface area contributed by atoms with Crippen LogP contribution in [0.4, 0.5) is 0 Å². The molecule has 0 aliphatic carbocycles. The lowest BCUT2D eigenvalue weighted by molar-refractivity contribution is -0.150. The summed E-state index contributed by atoms with van der Waals surface area (Å²) in [6, 6.07) is -0.252. The van der Waals surface area contributed by atoms with E-state index in [1.54, 1.807) is 6.92 Å². The molecule has 114 valence electrons. The zero-order valence-corrected chi connectivity index (χ0v) is 12.3. The topological polar surface area (TPSA) is 59.1 Å². The molecule has 2 atom stereocenters. The van der Waals surface area contributed by atoms with E-state index in [4.69, 9.17) is 9.47 Å². The second-order valence-electron chi connectivity index (χ2n) is 5.40. The van der Waals surface area contributed by atoms with Crippen LogP contribution >= 0.6 is 0 Å². The van der Waals surface area contributed by atoms with Crippen molar-refractivity contribution in [3.63, 3.8) is 0 Å². The third-order valence-corrected chi connectivity index (χ3v) is 3.85. The molecule has 2 heterocycles. The van der Waals surface area contributed by atoms with Crippen LogP contribution in [0, 0.1) is 0 Å². The minimum atomic E-state index is -0.252. The van der Waals surface area contributed by atoms with E-state index in [0.29, 0.717) is 32.8 Å². The van der Waals surface area contributed by atoms with Crippen molar-refractivity contribution >= 4 is 11.9 Å². The molecule has 0 aromatic rings. The standard InChI is InChI=1S/C14H24N2O4/c1-3-19-14(18)12-5-4-6-15(12)10-13(17)16-7-8-20-11(2)9-16/h11-12H,3-10H2,1-2H3. The summed E-state index contributed by atoms with van der Waals surface area (Å²) < 4.78 is 10.5. The third-order valence-electron chi connectivity index (χ3n) is 3.85. The molecule has 0 aromatic heterocycles. The first-order chi connectivity index (χ1) is 9.61. The maximum atomic E-state index is 12.3. The van der Waals surface area contributed by atoms with Crippen molar-refractivity contribution in [3.05, 3.63) is 0 Å². The Hall–Kier alpha value is -1.14. The highest BCUT2D eigenvalue weighted by molar-refractivity contribution is 5.81. The molecule has 2 rings (SSSR count). The molecule has 0 bridgehead atoms. The molecule has 20 heavy (non-hydrogen) atoms. The van der Waals surface area contributed by atoms with Gasteiger partial charge in [0, 0.05) is 13.1 Å². The monoisotopic (exact) mass is 284 g/mol. The Bertz CT molecular complexity index is 361. The smallest absolute Gasteiger partial charge is 0.323 e. The van der Waals surface area contributed by atoms with Gasteiger partial charge in [-0.15, -0.1) is 0 Å². The van der Waals surface area contributed by atoms with Crippen molar-refractivity contribution < 1.29 is 19.1 Å². The van der Waals surface area contributed by atoms with Gasteiger partial charge in [0.1, 0.15) is 6.04 Å². The van der Waals surface area contributed by atoms with Crippen LogP contribution < -0.4 is 0 Å². The van der Waals surface area contributed by atoms with E-state index in [9.17, 15) is 9.59 Å². The van der Waals surface area contributed by atoms with Crippen LogP contribution in [0.2, 0.25) is 0 Å². The van der Waals surface area contributed by atoms with Gasteiger partial charge in [0.15, 0.2) is 0 Å². The number of hydrogen-bond acceptors (Lipinski definition) is 5. The predicted molar refractivity (Wildman–Crippen MR) is 73.2 cm³/mol. The molecule has 2 aliphatic heterocycles. The molecule has 6 heteroatoms. The first-order valence-electron chi connectivity index (χ1n) is 7.42. The number of ether oxygens (including phenoxy) is 2. The summed E-state index contributed by atoms with van der Waals surface area (Å²) in [7, 11) is 0. The summed E-state index contributed by atoms with van der Waals surface area (Å²) in [4.78, 5) is 27.9. The number of hydrogen-bond donors (Lipinski definition) is 0. The zero-order valence-electron chi connectivity index (χ0n) is 12.3. The fraction of sp³-hybridized carbons (Fsp3) is 0.857. The number of morpholine rings is 1. The molecule has 6 nitrogen and oxygen atoms in total.